The first-order valence-corrected chi connectivity index (χ1v) is 8.01. The fourth-order valence-corrected chi connectivity index (χ4v) is 2.34. The molecular weight excluding hydrogens is 379 g/mol. The van der Waals surface area contributed by atoms with Crippen LogP contribution in [-0.2, 0) is 17.4 Å². The zero-order chi connectivity index (χ0) is 20.1. The Labute approximate surface area is 156 Å². The zero-order valence-corrected chi connectivity index (χ0v) is 14.2. The van der Waals surface area contributed by atoms with Gasteiger partial charge in [-0.15, -0.1) is 5.10 Å². The SMILES string of the molecule is O=C(NC(Cc1ccccc1)C(=O)Nc1n[nH]c(C(F)(F)F)n1)c1ccco1. The topological polar surface area (TPSA) is 113 Å². The van der Waals surface area contributed by atoms with E-state index < -0.39 is 35.8 Å². The summed E-state index contributed by atoms with van der Waals surface area (Å²) in [5.74, 6) is -3.34. The van der Waals surface area contributed by atoms with Gasteiger partial charge in [0.1, 0.15) is 6.04 Å². The molecule has 0 aliphatic heterocycles. The van der Waals surface area contributed by atoms with Crippen molar-refractivity contribution in [1.29, 1.82) is 0 Å². The normalized spacial score (nSPS) is 12.4. The highest BCUT2D eigenvalue weighted by Crippen LogP contribution is 2.26. The van der Waals surface area contributed by atoms with Gasteiger partial charge in [-0.2, -0.15) is 18.2 Å². The van der Waals surface area contributed by atoms with E-state index in [9.17, 15) is 22.8 Å². The lowest BCUT2D eigenvalue weighted by Gasteiger charge is -2.17. The van der Waals surface area contributed by atoms with Gasteiger partial charge in [0.05, 0.1) is 6.26 Å². The lowest BCUT2D eigenvalue weighted by molar-refractivity contribution is -0.144. The molecular formula is C17H14F3N5O3. The van der Waals surface area contributed by atoms with Crippen LogP contribution in [0.5, 0.6) is 0 Å². The number of carbonyl (C=O) groups excluding carboxylic acids is 2. The van der Waals surface area contributed by atoms with Crippen molar-refractivity contribution in [2.24, 2.45) is 0 Å². The molecule has 1 atom stereocenters. The van der Waals surface area contributed by atoms with E-state index in [0.29, 0.717) is 0 Å². The summed E-state index contributed by atoms with van der Waals surface area (Å²) >= 11 is 0. The maximum atomic E-state index is 12.6. The van der Waals surface area contributed by atoms with Gasteiger partial charge in [-0.1, -0.05) is 30.3 Å². The number of aromatic nitrogens is 3. The maximum Gasteiger partial charge on any atom is 0.451 e. The predicted octanol–water partition coefficient (Wildman–Crippen LogP) is 2.40. The van der Waals surface area contributed by atoms with Crippen LogP contribution in [0.15, 0.2) is 53.1 Å². The first-order chi connectivity index (χ1) is 13.3. The van der Waals surface area contributed by atoms with Crippen LogP contribution in [0.2, 0.25) is 0 Å². The van der Waals surface area contributed by atoms with E-state index in [0.717, 1.165) is 5.56 Å². The number of aromatic amines is 1. The fraction of sp³-hybridized carbons (Fsp3) is 0.176. The quantitative estimate of drug-likeness (QED) is 0.595. The molecule has 11 heteroatoms. The van der Waals surface area contributed by atoms with E-state index in [1.807, 2.05) is 0 Å². The number of hydrogen-bond acceptors (Lipinski definition) is 5. The molecule has 0 saturated heterocycles. The van der Waals surface area contributed by atoms with Crippen molar-refractivity contribution in [2.45, 2.75) is 18.6 Å². The first kappa shape index (κ1) is 19.1. The molecule has 0 aliphatic rings. The van der Waals surface area contributed by atoms with Crippen molar-refractivity contribution in [3.05, 3.63) is 65.9 Å². The van der Waals surface area contributed by atoms with Crippen LogP contribution in [-0.4, -0.2) is 33.0 Å². The highest BCUT2D eigenvalue weighted by Gasteiger charge is 2.35. The third kappa shape index (κ3) is 4.75. The molecule has 1 unspecified atom stereocenters. The molecule has 3 aromatic rings. The summed E-state index contributed by atoms with van der Waals surface area (Å²) in [5.41, 5.74) is 0.730. The van der Waals surface area contributed by atoms with Crippen molar-refractivity contribution in [3.63, 3.8) is 0 Å². The number of amides is 2. The molecule has 146 valence electrons. The maximum absolute atomic E-state index is 12.6. The standard InChI is InChI=1S/C17H14F3N5O3/c18-17(19,20)15-23-16(25-24-15)22-13(26)11(9-10-5-2-1-3-6-10)21-14(27)12-7-4-8-28-12/h1-8,11H,9H2,(H,21,27)(H2,22,23,24,25,26). The minimum atomic E-state index is -4.73. The number of alkyl halides is 3. The van der Waals surface area contributed by atoms with Gasteiger partial charge in [-0.25, -0.2) is 0 Å². The lowest BCUT2D eigenvalue weighted by Crippen LogP contribution is -2.45. The molecule has 2 amide bonds. The van der Waals surface area contributed by atoms with Gasteiger partial charge in [0.15, 0.2) is 5.76 Å². The van der Waals surface area contributed by atoms with Gasteiger partial charge in [0, 0.05) is 6.42 Å². The summed E-state index contributed by atoms with van der Waals surface area (Å²) in [6, 6.07) is 10.6. The van der Waals surface area contributed by atoms with Gasteiger partial charge in [-0.05, 0) is 17.7 Å². The number of carbonyl (C=O) groups is 2. The third-order valence-electron chi connectivity index (χ3n) is 3.64. The number of rotatable bonds is 6. The largest absolute Gasteiger partial charge is 0.459 e. The number of H-pyrrole nitrogens is 1. The Bertz CT molecular complexity index is 939. The predicted molar refractivity (Wildman–Crippen MR) is 90.1 cm³/mol. The highest BCUT2D eigenvalue weighted by molar-refractivity contribution is 5.99. The second-order valence-corrected chi connectivity index (χ2v) is 5.69. The molecule has 2 heterocycles. The number of benzene rings is 1. The molecule has 0 spiro atoms. The van der Waals surface area contributed by atoms with Crippen LogP contribution in [0.1, 0.15) is 21.9 Å². The van der Waals surface area contributed by atoms with Crippen LogP contribution >= 0.6 is 0 Å². The molecule has 0 saturated carbocycles. The summed E-state index contributed by atoms with van der Waals surface area (Å²) in [7, 11) is 0. The summed E-state index contributed by atoms with van der Waals surface area (Å²) in [5, 5.41) is 9.68. The van der Waals surface area contributed by atoms with Crippen molar-refractivity contribution >= 4 is 17.8 Å². The van der Waals surface area contributed by atoms with E-state index in [1.54, 1.807) is 35.4 Å². The van der Waals surface area contributed by atoms with Gasteiger partial charge in [0.25, 0.3) is 5.91 Å². The first-order valence-electron chi connectivity index (χ1n) is 8.01. The van der Waals surface area contributed by atoms with Crippen molar-refractivity contribution in [3.8, 4) is 0 Å². The minimum absolute atomic E-state index is 0.0110. The van der Waals surface area contributed by atoms with E-state index in [1.165, 1.54) is 18.4 Å². The van der Waals surface area contributed by atoms with E-state index >= 15 is 0 Å². The van der Waals surface area contributed by atoms with E-state index in [-0.39, 0.29) is 12.2 Å². The second kappa shape index (κ2) is 7.94. The third-order valence-corrected chi connectivity index (χ3v) is 3.64. The smallest absolute Gasteiger partial charge is 0.451 e. The Morgan fingerprint density at radius 2 is 1.89 bits per heavy atom. The summed E-state index contributed by atoms with van der Waals surface area (Å²) in [6.45, 7) is 0. The number of hydrogen-bond donors (Lipinski definition) is 3. The summed E-state index contributed by atoms with van der Waals surface area (Å²) in [4.78, 5) is 28.0. The molecule has 3 rings (SSSR count). The minimum Gasteiger partial charge on any atom is -0.459 e. The molecule has 8 nitrogen and oxygen atoms in total. The number of furan rings is 1. The van der Waals surface area contributed by atoms with Gasteiger partial charge in [0.2, 0.25) is 17.7 Å². The summed E-state index contributed by atoms with van der Waals surface area (Å²) in [6.07, 6.45) is -3.34. The van der Waals surface area contributed by atoms with E-state index in [4.69, 9.17) is 4.42 Å². The van der Waals surface area contributed by atoms with Crippen LogP contribution in [0, 0.1) is 0 Å². The molecule has 28 heavy (non-hydrogen) atoms. The van der Waals surface area contributed by atoms with Crippen LogP contribution < -0.4 is 10.6 Å². The van der Waals surface area contributed by atoms with Crippen molar-refractivity contribution in [1.82, 2.24) is 20.5 Å². The molecule has 2 aromatic heterocycles. The van der Waals surface area contributed by atoms with Gasteiger partial charge in [-0.3, -0.25) is 20.0 Å². The Morgan fingerprint density at radius 1 is 1.14 bits per heavy atom. The molecule has 3 N–H and O–H groups in total. The second-order valence-electron chi connectivity index (χ2n) is 5.69. The highest BCUT2D eigenvalue weighted by atomic mass is 19.4. The number of nitrogens with one attached hydrogen (secondary N) is 3. The van der Waals surface area contributed by atoms with Crippen LogP contribution in [0.3, 0.4) is 0 Å². The lowest BCUT2D eigenvalue weighted by atomic mass is 10.1. The average molecular weight is 393 g/mol. The fourth-order valence-electron chi connectivity index (χ4n) is 2.34. The molecule has 0 bridgehead atoms. The average Bonchev–Trinajstić information content (AvgIpc) is 3.33. The van der Waals surface area contributed by atoms with Gasteiger partial charge >= 0.3 is 6.18 Å². The number of anilines is 1. The molecule has 0 radical (unpaired) electrons. The Hall–Kier alpha value is -3.63. The van der Waals surface area contributed by atoms with Crippen LogP contribution in [0.4, 0.5) is 19.1 Å². The van der Waals surface area contributed by atoms with Crippen LogP contribution in [0.25, 0.3) is 0 Å². The van der Waals surface area contributed by atoms with Crippen molar-refractivity contribution in [2.75, 3.05) is 5.32 Å². The summed E-state index contributed by atoms with van der Waals surface area (Å²) < 4.78 is 42.8. The van der Waals surface area contributed by atoms with Crippen molar-refractivity contribution < 1.29 is 27.2 Å². The number of nitrogens with zero attached hydrogens (tertiary/aromatic N) is 2. The Kier molecular flexibility index (Phi) is 5.43. The molecule has 1 aromatic carbocycles. The van der Waals surface area contributed by atoms with Gasteiger partial charge < -0.3 is 9.73 Å². The number of halogens is 3. The monoisotopic (exact) mass is 393 g/mol. The molecule has 0 fully saturated rings. The zero-order valence-electron chi connectivity index (χ0n) is 14.2. The Morgan fingerprint density at radius 3 is 2.50 bits per heavy atom. The van der Waals surface area contributed by atoms with E-state index in [2.05, 4.69) is 20.7 Å². The molecule has 0 aliphatic carbocycles. The Balaban J connectivity index is 1.75.